The van der Waals surface area contributed by atoms with E-state index >= 15 is 0 Å². The highest BCUT2D eigenvalue weighted by Gasteiger charge is 2.35. The number of piperazine rings is 1. The zero-order valence-corrected chi connectivity index (χ0v) is 12.8. The molecular formula is C17H27N3. The van der Waals surface area contributed by atoms with Crippen LogP contribution in [0.25, 0.3) is 0 Å². The van der Waals surface area contributed by atoms with E-state index in [1.54, 1.807) is 0 Å². The third-order valence-electron chi connectivity index (χ3n) is 4.89. The van der Waals surface area contributed by atoms with Crippen LogP contribution in [0.2, 0.25) is 0 Å². The number of nitrogens with zero attached hydrogens (tertiary/aromatic N) is 2. The number of rotatable bonds is 3. The van der Waals surface area contributed by atoms with Crippen molar-refractivity contribution in [3.63, 3.8) is 0 Å². The van der Waals surface area contributed by atoms with Crippen molar-refractivity contribution >= 4 is 0 Å². The maximum Gasteiger partial charge on any atom is 0.0476 e. The highest BCUT2D eigenvalue weighted by molar-refractivity contribution is 5.20. The Hall–Kier alpha value is -0.900. The van der Waals surface area contributed by atoms with Gasteiger partial charge in [0.2, 0.25) is 0 Å². The van der Waals surface area contributed by atoms with Gasteiger partial charge in [-0.2, -0.15) is 0 Å². The second-order valence-electron chi connectivity index (χ2n) is 6.75. The van der Waals surface area contributed by atoms with Crippen molar-refractivity contribution < 1.29 is 0 Å². The molecule has 0 saturated carbocycles. The van der Waals surface area contributed by atoms with E-state index < -0.39 is 0 Å². The lowest BCUT2D eigenvalue weighted by Gasteiger charge is -2.43. The lowest BCUT2D eigenvalue weighted by atomic mass is 9.95. The summed E-state index contributed by atoms with van der Waals surface area (Å²) in [5, 5.41) is 3.71. The van der Waals surface area contributed by atoms with E-state index in [9.17, 15) is 0 Å². The Morgan fingerprint density at radius 3 is 2.75 bits per heavy atom. The molecule has 110 valence electrons. The first-order chi connectivity index (χ1) is 9.66. The van der Waals surface area contributed by atoms with Crippen LogP contribution in [0, 0.1) is 0 Å². The molecule has 1 N–H and O–H groups in total. The Morgan fingerprint density at radius 1 is 1.25 bits per heavy atom. The van der Waals surface area contributed by atoms with Crippen molar-refractivity contribution in [2.75, 3.05) is 39.8 Å². The second kappa shape index (κ2) is 5.84. The van der Waals surface area contributed by atoms with Gasteiger partial charge < -0.3 is 10.2 Å². The summed E-state index contributed by atoms with van der Waals surface area (Å²) in [7, 11) is 2.24. The minimum Gasteiger partial charge on any atom is -0.310 e. The van der Waals surface area contributed by atoms with Crippen molar-refractivity contribution in [1.29, 1.82) is 0 Å². The highest BCUT2D eigenvalue weighted by Crippen LogP contribution is 2.29. The van der Waals surface area contributed by atoms with Crippen molar-refractivity contribution in [3.05, 3.63) is 35.9 Å². The van der Waals surface area contributed by atoms with Crippen LogP contribution < -0.4 is 5.32 Å². The SMILES string of the molecule is CN1CCN(CC2(C)CCCN2)C(c2ccccc2)C1. The predicted octanol–water partition coefficient (Wildman–Crippen LogP) is 2.12. The van der Waals surface area contributed by atoms with Gasteiger partial charge in [0.25, 0.3) is 0 Å². The van der Waals surface area contributed by atoms with Crippen molar-refractivity contribution in [2.24, 2.45) is 0 Å². The smallest absolute Gasteiger partial charge is 0.0476 e. The van der Waals surface area contributed by atoms with Gasteiger partial charge in [-0.15, -0.1) is 0 Å². The molecule has 2 atom stereocenters. The predicted molar refractivity (Wildman–Crippen MR) is 83.9 cm³/mol. The monoisotopic (exact) mass is 273 g/mol. The lowest BCUT2D eigenvalue weighted by Crippen LogP contribution is -2.54. The molecule has 0 spiro atoms. The summed E-state index contributed by atoms with van der Waals surface area (Å²) >= 11 is 0. The largest absolute Gasteiger partial charge is 0.310 e. The van der Waals surface area contributed by atoms with Crippen molar-refractivity contribution in [2.45, 2.75) is 31.3 Å². The molecule has 2 heterocycles. The Morgan fingerprint density at radius 2 is 2.05 bits per heavy atom. The summed E-state index contributed by atoms with van der Waals surface area (Å²) < 4.78 is 0. The van der Waals surface area contributed by atoms with E-state index in [0.29, 0.717) is 11.6 Å². The molecule has 2 aliphatic rings. The van der Waals surface area contributed by atoms with Gasteiger partial charge in [0, 0.05) is 37.8 Å². The Kier molecular flexibility index (Phi) is 4.11. The first kappa shape index (κ1) is 14.1. The Labute approximate surface area is 123 Å². The summed E-state index contributed by atoms with van der Waals surface area (Å²) in [4.78, 5) is 5.15. The van der Waals surface area contributed by atoms with Crippen LogP contribution in [0.1, 0.15) is 31.4 Å². The topological polar surface area (TPSA) is 18.5 Å². The first-order valence-electron chi connectivity index (χ1n) is 7.89. The summed E-state index contributed by atoms with van der Waals surface area (Å²) in [6, 6.07) is 11.5. The van der Waals surface area contributed by atoms with Gasteiger partial charge in [-0.05, 0) is 38.9 Å². The quantitative estimate of drug-likeness (QED) is 0.910. The van der Waals surface area contributed by atoms with Crippen LogP contribution in [0.4, 0.5) is 0 Å². The highest BCUT2D eigenvalue weighted by atomic mass is 15.3. The van der Waals surface area contributed by atoms with E-state index in [0.717, 1.165) is 6.54 Å². The minimum absolute atomic E-state index is 0.308. The standard InChI is InChI=1S/C17H27N3/c1-17(9-6-10-18-17)14-20-12-11-19(2)13-16(20)15-7-4-3-5-8-15/h3-5,7-8,16,18H,6,9-14H2,1-2H3. The molecule has 3 rings (SSSR count). The Bertz CT molecular complexity index is 425. The van der Waals surface area contributed by atoms with Gasteiger partial charge in [-0.25, -0.2) is 0 Å². The maximum absolute atomic E-state index is 3.71. The molecule has 0 aliphatic carbocycles. The minimum atomic E-state index is 0.308. The summed E-state index contributed by atoms with van der Waals surface area (Å²) in [5.74, 6) is 0. The first-order valence-corrected chi connectivity index (χ1v) is 7.89. The molecule has 3 heteroatoms. The van der Waals surface area contributed by atoms with E-state index in [2.05, 4.69) is 59.4 Å². The average Bonchev–Trinajstić information content (AvgIpc) is 2.88. The molecule has 0 amide bonds. The van der Waals surface area contributed by atoms with E-state index in [1.165, 1.54) is 44.6 Å². The molecule has 20 heavy (non-hydrogen) atoms. The van der Waals surface area contributed by atoms with Gasteiger partial charge in [0.1, 0.15) is 0 Å². The molecule has 1 aromatic carbocycles. The van der Waals surface area contributed by atoms with Gasteiger partial charge in [-0.1, -0.05) is 30.3 Å². The zero-order valence-electron chi connectivity index (χ0n) is 12.8. The van der Waals surface area contributed by atoms with Crippen molar-refractivity contribution in [1.82, 2.24) is 15.1 Å². The van der Waals surface area contributed by atoms with E-state index in [-0.39, 0.29) is 0 Å². The Balaban J connectivity index is 1.76. The van der Waals surface area contributed by atoms with Gasteiger partial charge in [0.15, 0.2) is 0 Å². The zero-order chi connectivity index (χ0) is 14.0. The molecule has 0 aromatic heterocycles. The molecule has 1 aromatic rings. The van der Waals surface area contributed by atoms with Crippen LogP contribution in [0.15, 0.2) is 30.3 Å². The van der Waals surface area contributed by atoms with E-state index in [4.69, 9.17) is 0 Å². The molecule has 2 aliphatic heterocycles. The van der Waals surface area contributed by atoms with Crippen LogP contribution in [-0.2, 0) is 0 Å². The molecule has 3 nitrogen and oxygen atoms in total. The second-order valence-corrected chi connectivity index (χ2v) is 6.75. The fourth-order valence-corrected chi connectivity index (χ4v) is 3.68. The normalized spacial score (nSPS) is 32.6. The van der Waals surface area contributed by atoms with Gasteiger partial charge in [0.05, 0.1) is 0 Å². The molecule has 0 bridgehead atoms. The summed E-state index contributed by atoms with van der Waals surface area (Å²) in [6.45, 7) is 8.23. The third kappa shape index (κ3) is 3.05. The number of hydrogen-bond acceptors (Lipinski definition) is 3. The van der Waals surface area contributed by atoms with E-state index in [1.807, 2.05) is 0 Å². The van der Waals surface area contributed by atoms with Gasteiger partial charge >= 0.3 is 0 Å². The number of likely N-dealkylation sites (N-methyl/N-ethyl adjacent to an activating group) is 1. The van der Waals surface area contributed by atoms with Crippen LogP contribution in [0.3, 0.4) is 0 Å². The third-order valence-corrected chi connectivity index (χ3v) is 4.89. The van der Waals surface area contributed by atoms with Gasteiger partial charge in [-0.3, -0.25) is 4.90 Å². The average molecular weight is 273 g/mol. The fourth-order valence-electron chi connectivity index (χ4n) is 3.68. The lowest BCUT2D eigenvalue weighted by molar-refractivity contribution is 0.0673. The summed E-state index contributed by atoms with van der Waals surface area (Å²) in [5.41, 5.74) is 1.77. The molecule has 2 saturated heterocycles. The maximum atomic E-state index is 3.71. The molecule has 2 fully saturated rings. The number of hydrogen-bond donors (Lipinski definition) is 1. The number of nitrogens with one attached hydrogen (secondary N) is 1. The fraction of sp³-hybridized carbons (Fsp3) is 0.647. The van der Waals surface area contributed by atoms with Crippen LogP contribution in [-0.4, -0.2) is 55.1 Å². The molecular weight excluding hydrogens is 246 g/mol. The number of benzene rings is 1. The molecule has 0 radical (unpaired) electrons. The molecule has 2 unspecified atom stereocenters. The van der Waals surface area contributed by atoms with Crippen molar-refractivity contribution in [3.8, 4) is 0 Å². The van der Waals surface area contributed by atoms with Crippen LogP contribution >= 0.6 is 0 Å². The summed E-state index contributed by atoms with van der Waals surface area (Å²) in [6.07, 6.45) is 2.63. The van der Waals surface area contributed by atoms with Crippen LogP contribution in [0.5, 0.6) is 0 Å².